The van der Waals surface area contributed by atoms with Crippen molar-refractivity contribution in [2.75, 3.05) is 20.1 Å². The molecule has 4 rings (SSSR count). The van der Waals surface area contributed by atoms with E-state index in [4.69, 9.17) is 19.8 Å². The summed E-state index contributed by atoms with van der Waals surface area (Å²) in [6.45, 7) is 2.21. The van der Waals surface area contributed by atoms with Crippen LogP contribution >= 0.6 is 11.3 Å². The SMILES string of the molecule is CN1CCC(=C2c3ccccc3CC(=O)c3sccc32)CC1.O=C(O)C(=O)O. The normalized spacial score (nSPS) is 16.4. The molecule has 0 amide bonds. The Morgan fingerprint density at radius 1 is 1.00 bits per heavy atom. The van der Waals surface area contributed by atoms with Gasteiger partial charge in [-0.05, 0) is 48.0 Å². The van der Waals surface area contributed by atoms with Crippen LogP contribution in [0.15, 0.2) is 41.3 Å². The Hall–Kier alpha value is -2.77. The number of nitrogens with zero attached hydrogens (tertiary/aromatic N) is 1. The summed E-state index contributed by atoms with van der Waals surface area (Å²) in [5, 5.41) is 16.8. The number of thiophene rings is 1. The van der Waals surface area contributed by atoms with Gasteiger partial charge < -0.3 is 15.1 Å². The van der Waals surface area contributed by atoms with Gasteiger partial charge in [-0.25, -0.2) is 9.59 Å². The van der Waals surface area contributed by atoms with Crippen LogP contribution < -0.4 is 0 Å². The monoisotopic (exact) mass is 399 g/mol. The third kappa shape index (κ3) is 4.21. The molecule has 2 N–H and O–H groups in total. The predicted octanol–water partition coefficient (Wildman–Crippen LogP) is 3.17. The minimum Gasteiger partial charge on any atom is -0.473 e. The Balaban J connectivity index is 0.000000330. The van der Waals surface area contributed by atoms with Crippen LogP contribution in [0.4, 0.5) is 0 Å². The first-order chi connectivity index (χ1) is 13.4. The zero-order chi connectivity index (χ0) is 20.3. The summed E-state index contributed by atoms with van der Waals surface area (Å²) in [7, 11) is 2.18. The van der Waals surface area contributed by atoms with Crippen molar-refractivity contribution in [2.45, 2.75) is 19.3 Å². The van der Waals surface area contributed by atoms with Crippen molar-refractivity contribution in [2.24, 2.45) is 0 Å². The number of carboxylic acids is 2. The first kappa shape index (κ1) is 20.0. The molecule has 2 aromatic rings. The van der Waals surface area contributed by atoms with Crippen LogP contribution in [-0.2, 0) is 16.0 Å². The lowest BCUT2D eigenvalue weighted by molar-refractivity contribution is -0.159. The zero-order valence-electron chi connectivity index (χ0n) is 15.5. The summed E-state index contributed by atoms with van der Waals surface area (Å²) in [4.78, 5) is 34.1. The molecule has 2 heterocycles. The largest absolute Gasteiger partial charge is 0.473 e. The van der Waals surface area contributed by atoms with Gasteiger partial charge in [0.25, 0.3) is 0 Å². The van der Waals surface area contributed by atoms with Gasteiger partial charge in [0.15, 0.2) is 5.78 Å². The number of rotatable bonds is 0. The molecular weight excluding hydrogens is 378 g/mol. The van der Waals surface area contributed by atoms with E-state index in [-0.39, 0.29) is 5.78 Å². The molecule has 1 aromatic carbocycles. The minimum absolute atomic E-state index is 0.265. The number of piperidine rings is 1. The lowest BCUT2D eigenvalue weighted by atomic mass is 9.88. The molecule has 0 saturated carbocycles. The second-order valence-corrected chi connectivity index (χ2v) is 7.73. The number of carboxylic acid groups (broad SMARTS) is 2. The van der Waals surface area contributed by atoms with Gasteiger partial charge in [0.05, 0.1) is 4.88 Å². The van der Waals surface area contributed by atoms with E-state index in [1.807, 2.05) is 6.07 Å². The van der Waals surface area contributed by atoms with Crippen LogP contribution in [0, 0.1) is 0 Å². The number of carbonyl (C=O) groups is 3. The Labute approximate surface area is 166 Å². The van der Waals surface area contributed by atoms with Gasteiger partial charge >= 0.3 is 11.9 Å². The molecule has 0 bridgehead atoms. The molecule has 0 radical (unpaired) electrons. The van der Waals surface area contributed by atoms with Gasteiger partial charge in [0.2, 0.25) is 0 Å². The molecule has 0 unspecified atom stereocenters. The molecule has 6 nitrogen and oxygen atoms in total. The van der Waals surface area contributed by atoms with Crippen molar-refractivity contribution < 1.29 is 24.6 Å². The van der Waals surface area contributed by atoms with Crippen LogP contribution in [0.25, 0.3) is 5.57 Å². The van der Waals surface area contributed by atoms with Gasteiger partial charge in [0, 0.05) is 25.1 Å². The smallest absolute Gasteiger partial charge is 0.414 e. The second kappa shape index (κ2) is 8.50. The Bertz CT molecular complexity index is 937. The minimum atomic E-state index is -1.82. The highest BCUT2D eigenvalue weighted by Gasteiger charge is 2.27. The maximum Gasteiger partial charge on any atom is 0.414 e. The molecule has 0 atom stereocenters. The maximum atomic E-state index is 12.6. The van der Waals surface area contributed by atoms with E-state index >= 15 is 0 Å². The average Bonchev–Trinajstić information content (AvgIpc) is 3.11. The highest BCUT2D eigenvalue weighted by atomic mass is 32.1. The lowest BCUT2D eigenvalue weighted by Crippen LogP contribution is -2.27. The summed E-state index contributed by atoms with van der Waals surface area (Å²) >= 11 is 1.59. The fourth-order valence-corrected chi connectivity index (χ4v) is 4.40. The first-order valence-corrected chi connectivity index (χ1v) is 9.82. The Kier molecular flexibility index (Phi) is 6.06. The summed E-state index contributed by atoms with van der Waals surface area (Å²) < 4.78 is 0. The number of Topliss-reactive ketones (excluding diaryl/α,β-unsaturated/α-hetero) is 1. The molecule has 28 heavy (non-hydrogen) atoms. The summed E-state index contributed by atoms with van der Waals surface area (Å²) in [6, 6.07) is 10.6. The fourth-order valence-electron chi connectivity index (χ4n) is 3.56. The topological polar surface area (TPSA) is 94.9 Å². The van der Waals surface area contributed by atoms with E-state index in [1.165, 1.54) is 27.8 Å². The maximum absolute atomic E-state index is 12.6. The average molecular weight is 399 g/mol. The molecule has 146 valence electrons. The summed E-state index contributed by atoms with van der Waals surface area (Å²) in [5.41, 5.74) is 6.47. The Morgan fingerprint density at radius 2 is 1.64 bits per heavy atom. The predicted molar refractivity (Wildman–Crippen MR) is 107 cm³/mol. The van der Waals surface area contributed by atoms with Crippen LogP contribution in [-0.4, -0.2) is 53.0 Å². The highest BCUT2D eigenvalue weighted by Crippen LogP contribution is 2.40. The van der Waals surface area contributed by atoms with Gasteiger partial charge in [-0.1, -0.05) is 29.8 Å². The molecule has 0 spiro atoms. The van der Waals surface area contributed by atoms with Crippen LogP contribution in [0.2, 0.25) is 0 Å². The van der Waals surface area contributed by atoms with Gasteiger partial charge in [-0.15, -0.1) is 11.3 Å². The standard InChI is InChI=1S/C19H19NOS.C2H2O4/c1-20-9-6-13(7-10-20)18-15-5-3-2-4-14(15)12-17(21)19-16(18)8-11-22-19;3-1(4)2(5)6/h2-5,8,11H,6-7,9-10,12H2,1H3;(H,3,4)(H,5,6). The Morgan fingerprint density at radius 3 is 2.29 bits per heavy atom. The number of likely N-dealkylation sites (tertiary alicyclic amines) is 1. The van der Waals surface area contributed by atoms with Crippen molar-refractivity contribution in [1.29, 1.82) is 0 Å². The highest BCUT2D eigenvalue weighted by molar-refractivity contribution is 7.12. The lowest BCUT2D eigenvalue weighted by Gasteiger charge is -2.27. The van der Waals surface area contributed by atoms with Gasteiger partial charge in [0.1, 0.15) is 0 Å². The first-order valence-electron chi connectivity index (χ1n) is 8.94. The number of aliphatic carboxylic acids is 2. The van der Waals surface area contributed by atoms with Crippen molar-refractivity contribution in [3.8, 4) is 0 Å². The number of hydrogen-bond donors (Lipinski definition) is 2. The fraction of sp³-hybridized carbons (Fsp3) is 0.286. The van der Waals surface area contributed by atoms with Crippen molar-refractivity contribution in [1.82, 2.24) is 4.90 Å². The second-order valence-electron chi connectivity index (χ2n) is 6.81. The third-order valence-corrected chi connectivity index (χ3v) is 5.91. The summed E-state index contributed by atoms with van der Waals surface area (Å²) in [5.74, 6) is -3.38. The summed E-state index contributed by atoms with van der Waals surface area (Å²) in [6.07, 6.45) is 2.73. The van der Waals surface area contributed by atoms with Crippen molar-refractivity contribution in [3.63, 3.8) is 0 Å². The van der Waals surface area contributed by atoms with Crippen molar-refractivity contribution in [3.05, 3.63) is 62.9 Å². The molecule has 1 aromatic heterocycles. The van der Waals surface area contributed by atoms with E-state index in [1.54, 1.807) is 11.3 Å². The molecule has 2 aliphatic rings. The van der Waals surface area contributed by atoms with E-state index in [0.717, 1.165) is 30.8 Å². The molecule has 1 fully saturated rings. The van der Waals surface area contributed by atoms with Crippen molar-refractivity contribution >= 4 is 34.6 Å². The van der Waals surface area contributed by atoms with E-state index in [0.29, 0.717) is 6.42 Å². The molecule has 1 aliphatic carbocycles. The molecule has 7 heteroatoms. The van der Waals surface area contributed by atoms with Crippen LogP contribution in [0.3, 0.4) is 0 Å². The molecular formula is C21H21NO5S. The quantitative estimate of drug-likeness (QED) is 0.661. The zero-order valence-corrected chi connectivity index (χ0v) is 16.3. The number of ketones is 1. The van der Waals surface area contributed by atoms with E-state index in [2.05, 4.69) is 41.6 Å². The van der Waals surface area contributed by atoms with E-state index in [9.17, 15) is 4.79 Å². The van der Waals surface area contributed by atoms with Crippen LogP contribution in [0.1, 0.15) is 39.2 Å². The van der Waals surface area contributed by atoms with Gasteiger partial charge in [-0.3, -0.25) is 4.79 Å². The number of fused-ring (bicyclic) bond motifs is 2. The van der Waals surface area contributed by atoms with E-state index < -0.39 is 11.9 Å². The molecule has 1 saturated heterocycles. The number of carbonyl (C=O) groups excluding carboxylic acids is 1. The number of benzene rings is 1. The van der Waals surface area contributed by atoms with Crippen LogP contribution in [0.5, 0.6) is 0 Å². The number of hydrogen-bond acceptors (Lipinski definition) is 5. The third-order valence-electron chi connectivity index (χ3n) is 4.95. The molecule has 1 aliphatic heterocycles. The van der Waals surface area contributed by atoms with Gasteiger partial charge in [-0.2, -0.15) is 0 Å².